The van der Waals surface area contributed by atoms with Gasteiger partial charge >= 0.3 is 0 Å². The smallest absolute Gasteiger partial charge is 0.251 e. The van der Waals surface area contributed by atoms with E-state index in [2.05, 4.69) is 15.6 Å². The van der Waals surface area contributed by atoms with Crippen LogP contribution in [0.25, 0.3) is 11.1 Å². The summed E-state index contributed by atoms with van der Waals surface area (Å²) in [6.07, 6.45) is 2.33. The fraction of sp³-hybridized carbons (Fsp3) is 0.375. The predicted molar refractivity (Wildman–Crippen MR) is 80.2 cm³/mol. The second kappa shape index (κ2) is 4.70. The minimum absolute atomic E-state index is 0.0447. The number of hydrogen-bond donors (Lipinski definition) is 2. The number of anilines is 1. The molecule has 2 N–H and O–H groups in total. The SMILES string of the molecule is CC(C(=O)Nc1ccc2oc(C3CC3)nc2c1)=C1CNC1. The molecule has 1 saturated carbocycles. The molecule has 1 aromatic heterocycles. The van der Waals surface area contributed by atoms with Crippen molar-refractivity contribution in [3.05, 3.63) is 35.2 Å². The van der Waals surface area contributed by atoms with Crippen LogP contribution < -0.4 is 10.6 Å². The Morgan fingerprint density at radius 2 is 2.19 bits per heavy atom. The highest BCUT2D eigenvalue weighted by atomic mass is 16.3. The Labute approximate surface area is 122 Å². The molecule has 21 heavy (non-hydrogen) atoms. The maximum atomic E-state index is 12.2. The fourth-order valence-electron chi connectivity index (χ4n) is 2.43. The van der Waals surface area contributed by atoms with Gasteiger partial charge in [0.1, 0.15) is 5.52 Å². The number of amides is 1. The number of rotatable bonds is 3. The highest BCUT2D eigenvalue weighted by Crippen LogP contribution is 2.40. The van der Waals surface area contributed by atoms with Crippen molar-refractivity contribution in [1.29, 1.82) is 0 Å². The average molecular weight is 283 g/mol. The fourth-order valence-corrected chi connectivity index (χ4v) is 2.43. The molecule has 5 nitrogen and oxygen atoms in total. The van der Waals surface area contributed by atoms with Gasteiger partial charge in [0.25, 0.3) is 5.91 Å². The maximum Gasteiger partial charge on any atom is 0.251 e. The Kier molecular flexibility index (Phi) is 2.82. The summed E-state index contributed by atoms with van der Waals surface area (Å²) in [5, 5.41) is 6.07. The second-order valence-corrected chi connectivity index (χ2v) is 5.80. The molecule has 0 spiro atoms. The molecule has 5 heteroatoms. The van der Waals surface area contributed by atoms with Crippen LogP contribution in [0.5, 0.6) is 0 Å². The second-order valence-electron chi connectivity index (χ2n) is 5.80. The number of carbonyl (C=O) groups excluding carboxylic acids is 1. The van der Waals surface area contributed by atoms with E-state index in [1.165, 1.54) is 5.57 Å². The van der Waals surface area contributed by atoms with Crippen molar-refractivity contribution < 1.29 is 9.21 Å². The van der Waals surface area contributed by atoms with Crippen molar-refractivity contribution in [2.24, 2.45) is 0 Å². The van der Waals surface area contributed by atoms with Gasteiger partial charge in [-0.15, -0.1) is 0 Å². The Balaban J connectivity index is 1.57. The first kappa shape index (κ1) is 12.6. The van der Waals surface area contributed by atoms with Crippen molar-refractivity contribution >= 4 is 22.7 Å². The van der Waals surface area contributed by atoms with Gasteiger partial charge in [0.15, 0.2) is 11.5 Å². The number of oxazole rings is 1. The third-order valence-corrected chi connectivity index (χ3v) is 4.14. The Morgan fingerprint density at radius 3 is 2.86 bits per heavy atom. The molecule has 1 saturated heterocycles. The summed E-state index contributed by atoms with van der Waals surface area (Å²) in [7, 11) is 0. The highest BCUT2D eigenvalue weighted by molar-refractivity contribution is 6.04. The normalized spacial score (nSPS) is 17.7. The number of fused-ring (bicyclic) bond motifs is 1. The van der Waals surface area contributed by atoms with Crippen LogP contribution in [-0.2, 0) is 4.79 Å². The Bertz CT molecular complexity index is 750. The van der Waals surface area contributed by atoms with Gasteiger partial charge in [-0.2, -0.15) is 0 Å². The van der Waals surface area contributed by atoms with E-state index < -0.39 is 0 Å². The Morgan fingerprint density at radius 1 is 1.38 bits per heavy atom. The quantitative estimate of drug-likeness (QED) is 0.850. The third kappa shape index (κ3) is 2.34. The first-order valence-electron chi connectivity index (χ1n) is 7.32. The molecular formula is C16H17N3O2. The van der Waals surface area contributed by atoms with E-state index in [9.17, 15) is 4.79 Å². The number of nitrogens with zero attached hydrogens (tertiary/aromatic N) is 1. The molecule has 2 fully saturated rings. The van der Waals surface area contributed by atoms with Crippen molar-refractivity contribution in [1.82, 2.24) is 10.3 Å². The molecule has 1 aliphatic heterocycles. The summed E-state index contributed by atoms with van der Waals surface area (Å²) in [6.45, 7) is 3.49. The van der Waals surface area contributed by atoms with Gasteiger partial charge in [-0.3, -0.25) is 4.79 Å². The lowest BCUT2D eigenvalue weighted by Crippen LogP contribution is -2.36. The van der Waals surface area contributed by atoms with Gasteiger partial charge in [-0.1, -0.05) is 0 Å². The number of aromatic nitrogens is 1. The van der Waals surface area contributed by atoms with Crippen LogP contribution in [0.4, 0.5) is 5.69 Å². The molecule has 2 aliphatic rings. The summed E-state index contributed by atoms with van der Waals surface area (Å²) in [5.41, 5.74) is 4.33. The molecule has 0 radical (unpaired) electrons. The molecule has 0 atom stereocenters. The molecule has 1 aromatic carbocycles. The standard InChI is InChI=1S/C16H17N3O2/c1-9(11-7-17-8-11)15(20)18-12-4-5-14-13(6-12)19-16(21-14)10-2-3-10/h4-6,10,17H,2-3,7-8H2,1H3,(H,18,20). The maximum absolute atomic E-state index is 12.2. The molecule has 2 aromatic rings. The van der Waals surface area contributed by atoms with Gasteiger partial charge in [-0.05, 0) is 43.5 Å². The van der Waals surface area contributed by atoms with Crippen LogP contribution in [0.3, 0.4) is 0 Å². The van der Waals surface area contributed by atoms with Crippen molar-refractivity contribution in [2.75, 3.05) is 18.4 Å². The molecule has 4 rings (SSSR count). The van der Waals surface area contributed by atoms with Crippen LogP contribution in [0.15, 0.2) is 33.8 Å². The minimum atomic E-state index is -0.0447. The van der Waals surface area contributed by atoms with E-state index in [0.29, 0.717) is 5.92 Å². The van der Waals surface area contributed by atoms with Crippen molar-refractivity contribution in [2.45, 2.75) is 25.7 Å². The summed E-state index contributed by atoms with van der Waals surface area (Å²) in [4.78, 5) is 16.7. The van der Waals surface area contributed by atoms with E-state index in [1.54, 1.807) is 0 Å². The van der Waals surface area contributed by atoms with E-state index >= 15 is 0 Å². The van der Waals surface area contributed by atoms with Gasteiger partial charge in [-0.25, -0.2) is 4.98 Å². The third-order valence-electron chi connectivity index (χ3n) is 4.14. The summed E-state index contributed by atoms with van der Waals surface area (Å²) in [6, 6.07) is 5.61. The lowest BCUT2D eigenvalue weighted by Gasteiger charge is -2.21. The summed E-state index contributed by atoms with van der Waals surface area (Å²) >= 11 is 0. The number of benzene rings is 1. The topological polar surface area (TPSA) is 67.2 Å². The van der Waals surface area contributed by atoms with Crippen molar-refractivity contribution in [3.63, 3.8) is 0 Å². The molecular weight excluding hydrogens is 266 g/mol. The van der Waals surface area contributed by atoms with Crippen LogP contribution >= 0.6 is 0 Å². The summed E-state index contributed by atoms with van der Waals surface area (Å²) < 4.78 is 5.72. The van der Waals surface area contributed by atoms with E-state index in [4.69, 9.17) is 4.42 Å². The largest absolute Gasteiger partial charge is 0.440 e. The molecule has 1 aliphatic carbocycles. The monoisotopic (exact) mass is 283 g/mol. The summed E-state index contributed by atoms with van der Waals surface area (Å²) in [5.74, 6) is 1.28. The molecule has 0 unspecified atom stereocenters. The molecule has 0 bridgehead atoms. The predicted octanol–water partition coefficient (Wildman–Crippen LogP) is 2.56. The molecule has 108 valence electrons. The number of carbonyl (C=O) groups is 1. The number of nitrogens with one attached hydrogen (secondary N) is 2. The van der Waals surface area contributed by atoms with E-state index in [1.807, 2.05) is 25.1 Å². The zero-order valence-electron chi connectivity index (χ0n) is 11.9. The van der Waals surface area contributed by atoms with E-state index in [-0.39, 0.29) is 5.91 Å². The van der Waals surface area contributed by atoms with Crippen LogP contribution in [0, 0.1) is 0 Å². The zero-order chi connectivity index (χ0) is 14.4. The molecule has 2 heterocycles. The average Bonchev–Trinajstić information content (AvgIpc) is 3.17. The van der Waals surface area contributed by atoms with Gasteiger partial charge in [0, 0.05) is 30.3 Å². The first-order valence-corrected chi connectivity index (χ1v) is 7.32. The first-order chi connectivity index (χ1) is 10.2. The highest BCUT2D eigenvalue weighted by Gasteiger charge is 2.28. The zero-order valence-corrected chi connectivity index (χ0v) is 11.9. The lowest BCUT2D eigenvalue weighted by atomic mass is 10.0. The van der Waals surface area contributed by atoms with Crippen LogP contribution in [0.2, 0.25) is 0 Å². The van der Waals surface area contributed by atoms with Crippen molar-refractivity contribution in [3.8, 4) is 0 Å². The van der Waals surface area contributed by atoms with Gasteiger partial charge in [0.2, 0.25) is 0 Å². The number of hydrogen-bond acceptors (Lipinski definition) is 4. The van der Waals surface area contributed by atoms with Gasteiger partial charge < -0.3 is 15.1 Å². The lowest BCUT2D eigenvalue weighted by molar-refractivity contribution is -0.112. The minimum Gasteiger partial charge on any atom is -0.440 e. The Hall–Kier alpha value is -2.14. The van der Waals surface area contributed by atoms with Crippen LogP contribution in [0.1, 0.15) is 31.6 Å². The van der Waals surface area contributed by atoms with Crippen LogP contribution in [-0.4, -0.2) is 24.0 Å². The van der Waals surface area contributed by atoms with Gasteiger partial charge in [0.05, 0.1) is 0 Å². The van der Waals surface area contributed by atoms with E-state index in [0.717, 1.165) is 54.2 Å². The molecule has 1 amide bonds.